The Balaban J connectivity index is 1.93. The van der Waals surface area contributed by atoms with Gasteiger partial charge >= 0.3 is 6.18 Å². The van der Waals surface area contributed by atoms with E-state index in [-0.39, 0.29) is 12.0 Å². The molecule has 11 heteroatoms. The number of fused-ring (bicyclic) bond motifs is 1. The van der Waals surface area contributed by atoms with E-state index in [2.05, 4.69) is 20.3 Å². The van der Waals surface area contributed by atoms with Gasteiger partial charge in [0.2, 0.25) is 17.7 Å². The minimum Gasteiger partial charge on any atom is -0.497 e. The standard InChI is InChI=1S/C16H16F3N5O2S/c1-7(21-15-23-13(16(17,18)19)22-14(20)24-15)11-6-9-10(26-3)4-8(25-2)5-12(9)27-11/h4-7H,1-3H3,(H3,20,21,22,23,24). The number of nitrogen functional groups attached to an aromatic ring is 1. The molecule has 144 valence electrons. The highest BCUT2D eigenvalue weighted by molar-refractivity contribution is 7.19. The molecular weight excluding hydrogens is 383 g/mol. The zero-order valence-electron chi connectivity index (χ0n) is 14.6. The number of benzene rings is 1. The zero-order valence-corrected chi connectivity index (χ0v) is 15.4. The SMILES string of the molecule is COc1cc(OC)c2cc(C(C)Nc3nc(N)nc(C(F)(F)F)n3)sc2c1. The molecule has 0 spiro atoms. The Bertz CT molecular complexity index is 977. The van der Waals surface area contributed by atoms with Crippen LogP contribution < -0.4 is 20.5 Å². The molecule has 2 heterocycles. The number of anilines is 2. The van der Waals surface area contributed by atoms with E-state index in [9.17, 15) is 13.2 Å². The highest BCUT2D eigenvalue weighted by atomic mass is 32.1. The summed E-state index contributed by atoms with van der Waals surface area (Å²) in [7, 11) is 3.11. The van der Waals surface area contributed by atoms with Crippen molar-refractivity contribution in [3.8, 4) is 11.5 Å². The fourth-order valence-electron chi connectivity index (χ4n) is 2.45. The molecule has 7 nitrogen and oxygen atoms in total. The Labute approximate surface area is 156 Å². The van der Waals surface area contributed by atoms with Gasteiger partial charge in [-0.3, -0.25) is 0 Å². The van der Waals surface area contributed by atoms with Crippen molar-refractivity contribution in [3.05, 3.63) is 28.9 Å². The molecule has 0 bridgehead atoms. The maximum Gasteiger partial charge on any atom is 0.451 e. The summed E-state index contributed by atoms with van der Waals surface area (Å²) in [5.41, 5.74) is 5.37. The van der Waals surface area contributed by atoms with Crippen LogP contribution in [0.25, 0.3) is 10.1 Å². The van der Waals surface area contributed by atoms with E-state index in [0.717, 1.165) is 15.0 Å². The Kier molecular flexibility index (Phi) is 4.96. The number of rotatable bonds is 5. The largest absolute Gasteiger partial charge is 0.497 e. The molecule has 2 aromatic heterocycles. The van der Waals surface area contributed by atoms with E-state index in [4.69, 9.17) is 15.2 Å². The summed E-state index contributed by atoms with van der Waals surface area (Å²) >= 11 is 1.45. The fourth-order valence-corrected chi connectivity index (χ4v) is 3.56. The van der Waals surface area contributed by atoms with Crippen molar-refractivity contribution in [2.24, 2.45) is 0 Å². The Morgan fingerprint density at radius 3 is 2.48 bits per heavy atom. The number of ether oxygens (including phenoxy) is 2. The topological polar surface area (TPSA) is 95.2 Å². The van der Waals surface area contributed by atoms with Gasteiger partial charge in [-0.15, -0.1) is 11.3 Å². The maximum absolute atomic E-state index is 12.8. The molecule has 0 radical (unpaired) electrons. The molecule has 1 atom stereocenters. The van der Waals surface area contributed by atoms with Crippen molar-refractivity contribution >= 4 is 33.3 Å². The van der Waals surface area contributed by atoms with E-state index >= 15 is 0 Å². The van der Waals surface area contributed by atoms with E-state index < -0.39 is 17.9 Å². The predicted octanol–water partition coefficient (Wildman–Crippen LogP) is 3.88. The summed E-state index contributed by atoms with van der Waals surface area (Å²) in [5, 5.41) is 3.71. The third-order valence-electron chi connectivity index (χ3n) is 3.73. The number of alkyl halides is 3. The van der Waals surface area contributed by atoms with Crippen LogP contribution in [0.2, 0.25) is 0 Å². The van der Waals surface area contributed by atoms with Crippen LogP contribution in [0.1, 0.15) is 23.7 Å². The monoisotopic (exact) mass is 399 g/mol. The number of aromatic nitrogens is 3. The van der Waals surface area contributed by atoms with Crippen LogP contribution >= 0.6 is 11.3 Å². The van der Waals surface area contributed by atoms with Gasteiger partial charge in [-0.05, 0) is 19.1 Å². The number of nitrogens with one attached hydrogen (secondary N) is 1. The van der Waals surface area contributed by atoms with Gasteiger partial charge in [-0.25, -0.2) is 0 Å². The van der Waals surface area contributed by atoms with Crippen LogP contribution in [-0.2, 0) is 6.18 Å². The molecular formula is C16H16F3N5O2S. The normalized spacial score (nSPS) is 12.8. The second kappa shape index (κ2) is 7.06. The molecule has 0 saturated carbocycles. The summed E-state index contributed by atoms with van der Waals surface area (Å²) in [5.74, 6) is -0.803. The number of halogens is 3. The molecule has 0 aliphatic heterocycles. The van der Waals surface area contributed by atoms with Crippen molar-refractivity contribution in [3.63, 3.8) is 0 Å². The summed E-state index contributed by atoms with van der Waals surface area (Å²) in [6, 6.07) is 5.15. The lowest BCUT2D eigenvalue weighted by Gasteiger charge is -2.13. The van der Waals surface area contributed by atoms with Crippen LogP contribution in [0.5, 0.6) is 11.5 Å². The van der Waals surface area contributed by atoms with Gasteiger partial charge in [0.05, 0.1) is 20.3 Å². The molecule has 0 amide bonds. The van der Waals surface area contributed by atoms with Gasteiger partial charge in [0, 0.05) is 21.0 Å². The van der Waals surface area contributed by atoms with E-state index in [0.29, 0.717) is 11.5 Å². The Morgan fingerprint density at radius 2 is 1.85 bits per heavy atom. The minimum absolute atomic E-state index is 0.246. The van der Waals surface area contributed by atoms with Gasteiger partial charge in [0.15, 0.2) is 0 Å². The number of nitrogens with zero attached hydrogens (tertiary/aromatic N) is 3. The van der Waals surface area contributed by atoms with Crippen LogP contribution in [0.15, 0.2) is 18.2 Å². The first kappa shape index (κ1) is 19.0. The molecule has 0 aliphatic rings. The van der Waals surface area contributed by atoms with Gasteiger partial charge in [0.25, 0.3) is 0 Å². The molecule has 27 heavy (non-hydrogen) atoms. The summed E-state index contributed by atoms with van der Waals surface area (Å²) in [6.07, 6.45) is -4.71. The van der Waals surface area contributed by atoms with Gasteiger partial charge in [0.1, 0.15) is 11.5 Å². The zero-order chi connectivity index (χ0) is 19.8. The lowest BCUT2D eigenvalue weighted by Crippen LogP contribution is -2.17. The van der Waals surface area contributed by atoms with Crippen LogP contribution in [-0.4, -0.2) is 29.2 Å². The van der Waals surface area contributed by atoms with Gasteiger partial charge in [-0.2, -0.15) is 28.1 Å². The quantitative estimate of drug-likeness (QED) is 0.672. The lowest BCUT2D eigenvalue weighted by atomic mass is 10.2. The average Bonchev–Trinajstić information content (AvgIpc) is 3.03. The number of nitrogens with two attached hydrogens (primary N) is 1. The summed E-state index contributed by atoms with van der Waals surface area (Å²) < 4.78 is 50.1. The Hall–Kier alpha value is -2.82. The van der Waals surface area contributed by atoms with Crippen LogP contribution in [0.4, 0.5) is 25.1 Å². The minimum atomic E-state index is -4.71. The fraction of sp³-hybridized carbons (Fsp3) is 0.312. The third-order valence-corrected chi connectivity index (χ3v) is 4.99. The molecule has 1 aromatic carbocycles. The lowest BCUT2D eigenvalue weighted by molar-refractivity contribution is -0.144. The second-order valence-electron chi connectivity index (χ2n) is 5.59. The number of thiophene rings is 1. The van der Waals surface area contributed by atoms with E-state index in [1.165, 1.54) is 11.3 Å². The van der Waals surface area contributed by atoms with E-state index in [1.807, 2.05) is 12.1 Å². The number of hydrogen-bond donors (Lipinski definition) is 2. The van der Waals surface area contributed by atoms with Crippen LogP contribution in [0.3, 0.4) is 0 Å². The highest BCUT2D eigenvalue weighted by Crippen LogP contribution is 2.39. The van der Waals surface area contributed by atoms with Crippen molar-refractivity contribution in [1.29, 1.82) is 0 Å². The van der Waals surface area contributed by atoms with Gasteiger partial charge < -0.3 is 20.5 Å². The first-order valence-electron chi connectivity index (χ1n) is 7.72. The third kappa shape index (κ3) is 3.97. The Morgan fingerprint density at radius 1 is 1.11 bits per heavy atom. The summed E-state index contributed by atoms with van der Waals surface area (Å²) in [4.78, 5) is 11.1. The molecule has 0 aliphatic carbocycles. The van der Waals surface area contributed by atoms with Crippen molar-refractivity contribution < 1.29 is 22.6 Å². The number of methoxy groups -OCH3 is 2. The molecule has 3 aromatic rings. The average molecular weight is 399 g/mol. The first-order valence-corrected chi connectivity index (χ1v) is 8.53. The molecule has 0 fully saturated rings. The summed E-state index contributed by atoms with van der Waals surface area (Å²) in [6.45, 7) is 1.78. The van der Waals surface area contributed by atoms with Gasteiger partial charge in [-0.1, -0.05) is 0 Å². The molecule has 3 N–H and O–H groups in total. The van der Waals surface area contributed by atoms with Crippen LogP contribution in [0, 0.1) is 0 Å². The van der Waals surface area contributed by atoms with Crippen molar-refractivity contribution in [2.45, 2.75) is 19.1 Å². The second-order valence-corrected chi connectivity index (χ2v) is 6.71. The van der Waals surface area contributed by atoms with Crippen molar-refractivity contribution in [2.75, 3.05) is 25.3 Å². The molecule has 3 rings (SSSR count). The smallest absolute Gasteiger partial charge is 0.451 e. The first-order chi connectivity index (χ1) is 12.7. The van der Waals surface area contributed by atoms with E-state index in [1.54, 1.807) is 27.2 Å². The predicted molar refractivity (Wildman–Crippen MR) is 96.2 cm³/mol. The maximum atomic E-state index is 12.8. The van der Waals surface area contributed by atoms with Crippen molar-refractivity contribution in [1.82, 2.24) is 15.0 Å². The molecule has 1 unspecified atom stereocenters. The highest BCUT2D eigenvalue weighted by Gasteiger charge is 2.35. The number of hydrogen-bond acceptors (Lipinski definition) is 8. The molecule has 0 saturated heterocycles.